The number of fused-ring (bicyclic) bond motifs is 1. The van der Waals surface area contributed by atoms with Gasteiger partial charge in [-0.3, -0.25) is 9.78 Å². The van der Waals surface area contributed by atoms with E-state index in [2.05, 4.69) is 23.3 Å². The lowest BCUT2D eigenvalue weighted by molar-refractivity contribution is -0.117. The van der Waals surface area contributed by atoms with Crippen LogP contribution >= 0.6 is 11.3 Å². The number of primary amides is 1. The average molecular weight is 249 g/mol. The van der Waals surface area contributed by atoms with Gasteiger partial charge in [0.25, 0.3) is 0 Å². The molecule has 1 atom stereocenters. The molecule has 4 nitrogen and oxygen atoms in total. The summed E-state index contributed by atoms with van der Waals surface area (Å²) >= 11 is 1.68. The topological polar surface area (TPSA) is 68.0 Å². The van der Waals surface area contributed by atoms with Crippen molar-refractivity contribution in [3.63, 3.8) is 0 Å². The maximum Gasteiger partial charge on any atom is 0.218 e. The number of nitrogens with two attached hydrogens (primary N) is 1. The molecule has 90 valence electrons. The Morgan fingerprint density at radius 3 is 3.24 bits per heavy atom. The summed E-state index contributed by atoms with van der Waals surface area (Å²) in [6.45, 7) is 2.65. The first kappa shape index (κ1) is 12.0. The van der Waals surface area contributed by atoms with Gasteiger partial charge < -0.3 is 11.1 Å². The van der Waals surface area contributed by atoms with Crippen molar-refractivity contribution < 1.29 is 4.79 Å². The lowest BCUT2D eigenvalue weighted by atomic mass is 10.1. The highest BCUT2D eigenvalue weighted by atomic mass is 32.1. The molecule has 0 aliphatic carbocycles. The number of hydrogen-bond donors (Lipinski definition) is 2. The lowest BCUT2D eigenvalue weighted by Gasteiger charge is -2.13. The molecular formula is C12H15N3OS. The van der Waals surface area contributed by atoms with E-state index in [0.717, 1.165) is 11.1 Å². The number of nitrogens with zero attached hydrogens (tertiary/aromatic N) is 1. The molecule has 0 radical (unpaired) electrons. The fraction of sp³-hybridized carbons (Fsp3) is 0.333. The van der Waals surface area contributed by atoms with E-state index in [9.17, 15) is 4.79 Å². The number of aromatic nitrogens is 1. The molecule has 5 heteroatoms. The van der Waals surface area contributed by atoms with Gasteiger partial charge in [0.1, 0.15) is 0 Å². The summed E-state index contributed by atoms with van der Waals surface area (Å²) in [7, 11) is 0. The standard InChI is InChI=1S/C12H15N3OS/c1-8(14-4-2-12(13)16)9-6-11-10(15-7-9)3-5-17-11/h3,5-8,14H,2,4H2,1H3,(H2,13,16). The third-order valence-electron chi connectivity index (χ3n) is 2.65. The monoisotopic (exact) mass is 249 g/mol. The van der Waals surface area contributed by atoms with Crippen LogP contribution in [-0.2, 0) is 4.79 Å². The maximum atomic E-state index is 10.6. The molecule has 2 aromatic rings. The minimum absolute atomic E-state index is 0.174. The number of carbonyl (C=O) groups is 1. The third-order valence-corrected chi connectivity index (χ3v) is 3.50. The zero-order chi connectivity index (χ0) is 12.3. The van der Waals surface area contributed by atoms with E-state index in [4.69, 9.17) is 5.73 Å². The molecule has 3 N–H and O–H groups in total. The van der Waals surface area contributed by atoms with Crippen LogP contribution in [0.2, 0.25) is 0 Å². The number of pyridine rings is 1. The number of thiophene rings is 1. The zero-order valence-corrected chi connectivity index (χ0v) is 10.5. The van der Waals surface area contributed by atoms with E-state index in [-0.39, 0.29) is 11.9 Å². The molecule has 0 spiro atoms. The fourth-order valence-corrected chi connectivity index (χ4v) is 2.42. The van der Waals surface area contributed by atoms with E-state index >= 15 is 0 Å². The molecule has 0 aliphatic rings. The Labute approximate surface area is 104 Å². The van der Waals surface area contributed by atoms with Gasteiger partial charge in [-0.15, -0.1) is 11.3 Å². The largest absolute Gasteiger partial charge is 0.370 e. The van der Waals surface area contributed by atoms with Gasteiger partial charge in [0, 0.05) is 25.2 Å². The zero-order valence-electron chi connectivity index (χ0n) is 9.64. The number of rotatable bonds is 5. The molecule has 0 fully saturated rings. The number of nitrogens with one attached hydrogen (secondary N) is 1. The first-order chi connectivity index (χ1) is 8.16. The Kier molecular flexibility index (Phi) is 3.71. The van der Waals surface area contributed by atoms with Crippen LogP contribution in [-0.4, -0.2) is 17.4 Å². The van der Waals surface area contributed by atoms with Crippen molar-refractivity contribution in [3.05, 3.63) is 29.3 Å². The van der Waals surface area contributed by atoms with Crippen molar-refractivity contribution in [3.8, 4) is 0 Å². The van der Waals surface area contributed by atoms with Gasteiger partial charge in [0.05, 0.1) is 10.2 Å². The van der Waals surface area contributed by atoms with Crippen LogP contribution in [0.15, 0.2) is 23.7 Å². The smallest absolute Gasteiger partial charge is 0.218 e. The van der Waals surface area contributed by atoms with E-state index < -0.39 is 0 Å². The molecular weight excluding hydrogens is 234 g/mol. The van der Waals surface area contributed by atoms with Crippen LogP contribution < -0.4 is 11.1 Å². The van der Waals surface area contributed by atoms with Crippen molar-refractivity contribution >= 4 is 27.5 Å². The van der Waals surface area contributed by atoms with Crippen LogP contribution in [0, 0.1) is 0 Å². The van der Waals surface area contributed by atoms with Gasteiger partial charge in [-0.05, 0) is 30.0 Å². The van der Waals surface area contributed by atoms with Crippen LogP contribution in [0.3, 0.4) is 0 Å². The highest BCUT2D eigenvalue weighted by molar-refractivity contribution is 7.17. The van der Waals surface area contributed by atoms with E-state index in [1.54, 1.807) is 11.3 Å². The summed E-state index contributed by atoms with van der Waals surface area (Å²) in [5.74, 6) is -0.281. The van der Waals surface area contributed by atoms with Crippen LogP contribution in [0.1, 0.15) is 24.9 Å². The van der Waals surface area contributed by atoms with E-state index in [1.165, 1.54) is 4.70 Å². The summed E-state index contributed by atoms with van der Waals surface area (Å²) in [5.41, 5.74) is 7.25. The normalized spacial score (nSPS) is 12.8. The van der Waals surface area contributed by atoms with Gasteiger partial charge in [0.15, 0.2) is 0 Å². The third kappa shape index (κ3) is 3.01. The molecule has 0 aromatic carbocycles. The molecule has 1 unspecified atom stereocenters. The lowest BCUT2D eigenvalue weighted by Crippen LogP contribution is -2.24. The fourth-order valence-electron chi connectivity index (χ4n) is 1.63. The predicted molar refractivity (Wildman–Crippen MR) is 69.8 cm³/mol. The Morgan fingerprint density at radius 1 is 1.65 bits per heavy atom. The second-order valence-electron chi connectivity index (χ2n) is 3.96. The minimum Gasteiger partial charge on any atom is -0.370 e. The van der Waals surface area contributed by atoms with E-state index in [1.807, 2.05) is 17.6 Å². The Bertz CT molecular complexity index is 523. The highest BCUT2D eigenvalue weighted by Crippen LogP contribution is 2.22. The van der Waals surface area contributed by atoms with Gasteiger partial charge in [-0.2, -0.15) is 0 Å². The van der Waals surface area contributed by atoms with Gasteiger partial charge >= 0.3 is 0 Å². The van der Waals surface area contributed by atoms with Gasteiger partial charge in [0.2, 0.25) is 5.91 Å². The molecule has 0 saturated carbocycles. The second-order valence-corrected chi connectivity index (χ2v) is 4.91. The summed E-state index contributed by atoms with van der Waals surface area (Å²) < 4.78 is 1.19. The number of amides is 1. The van der Waals surface area contributed by atoms with E-state index in [0.29, 0.717) is 13.0 Å². The SMILES string of the molecule is CC(NCCC(N)=O)c1cnc2ccsc2c1. The Hall–Kier alpha value is -1.46. The molecule has 0 saturated heterocycles. The first-order valence-corrected chi connectivity index (χ1v) is 6.39. The van der Waals surface area contributed by atoms with Crippen LogP contribution in [0.25, 0.3) is 10.2 Å². The minimum atomic E-state index is -0.281. The first-order valence-electron chi connectivity index (χ1n) is 5.51. The predicted octanol–water partition coefficient (Wildman–Crippen LogP) is 1.82. The van der Waals surface area contributed by atoms with Crippen molar-refractivity contribution in [2.24, 2.45) is 5.73 Å². The molecule has 17 heavy (non-hydrogen) atoms. The Balaban J connectivity index is 2.02. The molecule has 1 amide bonds. The number of hydrogen-bond acceptors (Lipinski definition) is 4. The summed E-state index contributed by atoms with van der Waals surface area (Å²) in [4.78, 5) is 15.0. The summed E-state index contributed by atoms with van der Waals surface area (Å²) in [6, 6.07) is 4.32. The van der Waals surface area contributed by atoms with Gasteiger partial charge in [-0.25, -0.2) is 0 Å². The molecule has 2 aromatic heterocycles. The van der Waals surface area contributed by atoms with Gasteiger partial charge in [-0.1, -0.05) is 0 Å². The highest BCUT2D eigenvalue weighted by Gasteiger charge is 2.07. The molecule has 0 bridgehead atoms. The van der Waals surface area contributed by atoms with Crippen LogP contribution in [0.5, 0.6) is 0 Å². The summed E-state index contributed by atoms with van der Waals surface area (Å²) in [5, 5.41) is 5.29. The number of carbonyl (C=O) groups excluding carboxylic acids is 1. The molecule has 2 heterocycles. The maximum absolute atomic E-state index is 10.6. The summed E-state index contributed by atoms with van der Waals surface area (Å²) in [6.07, 6.45) is 2.23. The molecule has 2 rings (SSSR count). The average Bonchev–Trinajstić information content (AvgIpc) is 2.75. The molecule has 0 aliphatic heterocycles. The van der Waals surface area contributed by atoms with Crippen molar-refractivity contribution in [1.29, 1.82) is 0 Å². The van der Waals surface area contributed by atoms with Crippen LogP contribution in [0.4, 0.5) is 0 Å². The Morgan fingerprint density at radius 2 is 2.47 bits per heavy atom. The quantitative estimate of drug-likeness (QED) is 0.849. The van der Waals surface area contributed by atoms with Crippen molar-refractivity contribution in [2.45, 2.75) is 19.4 Å². The van der Waals surface area contributed by atoms with Crippen molar-refractivity contribution in [2.75, 3.05) is 6.54 Å². The second kappa shape index (κ2) is 5.25. The van der Waals surface area contributed by atoms with Crippen molar-refractivity contribution in [1.82, 2.24) is 10.3 Å².